The van der Waals surface area contributed by atoms with Crippen molar-refractivity contribution in [3.05, 3.63) is 145 Å². The molecule has 42 heavy (non-hydrogen) atoms. The van der Waals surface area contributed by atoms with Gasteiger partial charge >= 0.3 is 0 Å². The minimum absolute atomic E-state index is 0.573. The Morgan fingerprint density at radius 2 is 0.690 bits per heavy atom. The van der Waals surface area contributed by atoms with E-state index in [0.717, 1.165) is 66.1 Å². The number of benzene rings is 6. The molecule has 4 heteroatoms. The molecule has 0 amide bonds. The van der Waals surface area contributed by atoms with Crippen molar-refractivity contribution in [1.29, 1.82) is 10.5 Å². The number of fused-ring (bicyclic) bond motifs is 6. The van der Waals surface area contributed by atoms with Gasteiger partial charge in [-0.3, -0.25) is 0 Å². The van der Waals surface area contributed by atoms with E-state index in [1.165, 1.54) is 0 Å². The fourth-order valence-corrected chi connectivity index (χ4v) is 6.36. The summed E-state index contributed by atoms with van der Waals surface area (Å²) in [6, 6.07) is 50.0. The Balaban J connectivity index is 1.29. The van der Waals surface area contributed by atoms with E-state index in [-0.39, 0.29) is 0 Å². The lowest BCUT2D eigenvalue weighted by Gasteiger charge is -2.14. The molecule has 0 saturated carbocycles. The quantitative estimate of drug-likeness (QED) is 0.227. The molecule has 194 valence electrons. The molecule has 0 spiro atoms. The van der Waals surface area contributed by atoms with Gasteiger partial charge in [-0.2, -0.15) is 10.5 Å². The first kappa shape index (κ1) is 23.8. The first-order valence-electron chi connectivity index (χ1n) is 13.8. The molecule has 0 N–H and O–H groups in total. The summed E-state index contributed by atoms with van der Waals surface area (Å²) in [6.45, 7) is 0. The minimum atomic E-state index is 0.573. The average molecular weight is 535 g/mol. The third-order valence-corrected chi connectivity index (χ3v) is 8.21. The summed E-state index contributed by atoms with van der Waals surface area (Å²) in [6.07, 6.45) is 0. The summed E-state index contributed by atoms with van der Waals surface area (Å²) in [4.78, 5) is 0. The second-order valence-corrected chi connectivity index (χ2v) is 10.4. The average Bonchev–Trinajstić information content (AvgIpc) is 3.57. The maximum Gasteiger partial charge on any atom is 0.101 e. The number of hydrogen-bond donors (Lipinski definition) is 0. The first-order valence-corrected chi connectivity index (χ1v) is 13.8. The van der Waals surface area contributed by atoms with Gasteiger partial charge in [-0.05, 0) is 59.7 Å². The molecule has 8 rings (SSSR count). The van der Waals surface area contributed by atoms with Crippen molar-refractivity contribution in [1.82, 2.24) is 9.13 Å². The Morgan fingerprint density at radius 3 is 1.00 bits per heavy atom. The zero-order chi connectivity index (χ0) is 28.2. The van der Waals surface area contributed by atoms with Crippen molar-refractivity contribution in [3.63, 3.8) is 0 Å². The molecule has 8 aromatic rings. The molecule has 0 radical (unpaired) electrons. The van der Waals surface area contributed by atoms with Crippen molar-refractivity contribution < 1.29 is 0 Å². The SMILES string of the molecule is N#Cc1cc(-c2ccc(-n3c4ccccc4c4ccccc43)c(C#N)c2)ccc1-n1c2ccccc2c2ccccc21. The highest BCUT2D eigenvalue weighted by Gasteiger charge is 2.17. The van der Waals surface area contributed by atoms with Gasteiger partial charge in [0.25, 0.3) is 0 Å². The molecule has 6 aromatic carbocycles. The van der Waals surface area contributed by atoms with E-state index in [1.807, 2.05) is 84.9 Å². The lowest BCUT2D eigenvalue weighted by atomic mass is 9.99. The highest BCUT2D eigenvalue weighted by molar-refractivity contribution is 6.10. The highest BCUT2D eigenvalue weighted by Crippen LogP contribution is 2.36. The van der Waals surface area contributed by atoms with Crippen LogP contribution in [0.2, 0.25) is 0 Å². The molecule has 4 nitrogen and oxygen atoms in total. The molecule has 2 aromatic heterocycles. The van der Waals surface area contributed by atoms with Gasteiger partial charge in [0.15, 0.2) is 0 Å². The van der Waals surface area contributed by atoms with E-state index >= 15 is 0 Å². The molecular weight excluding hydrogens is 512 g/mol. The standard InChI is InChI=1S/C38H22N4/c39-23-27-21-25(17-19-33(27)41-35-13-5-1-9-29(35)30-10-2-6-14-36(30)41)26-18-20-34(28(22-26)24-40)42-37-15-7-3-11-31(37)32-12-4-8-16-38(32)42/h1-22H. The fraction of sp³-hybridized carbons (Fsp3) is 0. The molecule has 0 aliphatic carbocycles. The predicted molar refractivity (Wildman–Crippen MR) is 170 cm³/mol. The van der Waals surface area contributed by atoms with Gasteiger partial charge in [-0.1, -0.05) is 84.9 Å². The smallest absolute Gasteiger partial charge is 0.101 e. The van der Waals surface area contributed by atoms with Crippen LogP contribution < -0.4 is 0 Å². The van der Waals surface area contributed by atoms with Crippen LogP contribution in [0.5, 0.6) is 0 Å². The second-order valence-electron chi connectivity index (χ2n) is 10.4. The lowest BCUT2D eigenvalue weighted by molar-refractivity contribution is 1.16. The zero-order valence-corrected chi connectivity index (χ0v) is 22.5. The van der Waals surface area contributed by atoms with E-state index in [2.05, 4.69) is 69.8 Å². The third-order valence-electron chi connectivity index (χ3n) is 8.21. The largest absolute Gasteiger partial charge is 0.308 e. The van der Waals surface area contributed by atoms with Crippen LogP contribution in [-0.2, 0) is 0 Å². The highest BCUT2D eigenvalue weighted by atomic mass is 15.0. The molecule has 0 unspecified atom stereocenters. The summed E-state index contributed by atoms with van der Waals surface area (Å²) in [5.41, 5.74) is 8.84. The van der Waals surface area contributed by atoms with E-state index in [0.29, 0.717) is 11.1 Å². The Hall–Kier alpha value is -6.10. The van der Waals surface area contributed by atoms with E-state index in [1.54, 1.807) is 0 Å². The topological polar surface area (TPSA) is 57.4 Å². The van der Waals surface area contributed by atoms with Crippen LogP contribution in [0, 0.1) is 22.7 Å². The molecule has 0 saturated heterocycles. The number of nitrogens with zero attached hydrogens (tertiary/aromatic N) is 4. The normalized spacial score (nSPS) is 11.3. The molecule has 0 fully saturated rings. The Kier molecular flexibility index (Phi) is 5.22. The molecule has 0 aliphatic heterocycles. The van der Waals surface area contributed by atoms with Crippen LogP contribution in [0.25, 0.3) is 66.1 Å². The van der Waals surface area contributed by atoms with Crippen molar-refractivity contribution in [2.75, 3.05) is 0 Å². The van der Waals surface area contributed by atoms with Crippen LogP contribution in [0.1, 0.15) is 11.1 Å². The second kappa shape index (κ2) is 9.24. The summed E-state index contributed by atoms with van der Waals surface area (Å²) in [5, 5.41) is 25.2. The Labute approximate surface area is 242 Å². The first-order chi connectivity index (χ1) is 20.8. The summed E-state index contributed by atoms with van der Waals surface area (Å²) in [5.74, 6) is 0. The van der Waals surface area contributed by atoms with Gasteiger partial charge in [-0.25, -0.2) is 0 Å². The van der Waals surface area contributed by atoms with E-state index in [9.17, 15) is 10.5 Å². The monoisotopic (exact) mass is 534 g/mol. The summed E-state index contributed by atoms with van der Waals surface area (Å²) < 4.78 is 4.33. The van der Waals surface area contributed by atoms with Gasteiger partial charge in [0.1, 0.15) is 12.1 Å². The van der Waals surface area contributed by atoms with Crippen molar-refractivity contribution >= 4 is 43.6 Å². The number of nitriles is 2. The lowest BCUT2D eigenvalue weighted by Crippen LogP contribution is -1.99. The number of rotatable bonds is 3. The van der Waals surface area contributed by atoms with Gasteiger partial charge < -0.3 is 9.13 Å². The van der Waals surface area contributed by atoms with Crippen molar-refractivity contribution in [3.8, 4) is 34.6 Å². The molecule has 0 atom stereocenters. The Bertz CT molecular complexity index is 2160. The molecular formula is C38H22N4. The number of para-hydroxylation sites is 4. The number of aromatic nitrogens is 2. The van der Waals surface area contributed by atoms with Gasteiger partial charge in [0, 0.05) is 21.5 Å². The van der Waals surface area contributed by atoms with Crippen molar-refractivity contribution in [2.24, 2.45) is 0 Å². The van der Waals surface area contributed by atoms with Crippen LogP contribution in [0.4, 0.5) is 0 Å². The van der Waals surface area contributed by atoms with Gasteiger partial charge in [-0.15, -0.1) is 0 Å². The van der Waals surface area contributed by atoms with Crippen LogP contribution >= 0.6 is 0 Å². The Morgan fingerprint density at radius 1 is 0.381 bits per heavy atom. The summed E-state index contributed by atoms with van der Waals surface area (Å²) >= 11 is 0. The third kappa shape index (κ3) is 3.40. The van der Waals surface area contributed by atoms with Crippen molar-refractivity contribution in [2.45, 2.75) is 0 Å². The zero-order valence-electron chi connectivity index (χ0n) is 22.5. The van der Waals surface area contributed by atoms with E-state index in [4.69, 9.17) is 0 Å². The van der Waals surface area contributed by atoms with Crippen LogP contribution in [0.15, 0.2) is 133 Å². The van der Waals surface area contributed by atoms with Crippen LogP contribution in [-0.4, -0.2) is 9.13 Å². The number of hydrogen-bond acceptors (Lipinski definition) is 2. The summed E-state index contributed by atoms with van der Waals surface area (Å²) in [7, 11) is 0. The van der Waals surface area contributed by atoms with Crippen LogP contribution in [0.3, 0.4) is 0 Å². The molecule has 0 bridgehead atoms. The maximum absolute atomic E-state index is 10.3. The van der Waals surface area contributed by atoms with Gasteiger partial charge in [0.05, 0.1) is 44.6 Å². The van der Waals surface area contributed by atoms with E-state index < -0.39 is 0 Å². The maximum atomic E-state index is 10.3. The predicted octanol–water partition coefficient (Wildman–Crippen LogP) is 9.29. The molecule has 0 aliphatic rings. The van der Waals surface area contributed by atoms with Gasteiger partial charge in [0.2, 0.25) is 0 Å². The minimum Gasteiger partial charge on any atom is -0.308 e. The fourth-order valence-electron chi connectivity index (χ4n) is 6.36. The molecule has 2 heterocycles.